The fourth-order valence-electron chi connectivity index (χ4n) is 2.70. The number of phosphoric acid groups is 3. The first kappa shape index (κ1) is 25.6. The van der Waals surface area contributed by atoms with E-state index in [2.05, 4.69) is 33.1 Å². The third-order valence-corrected chi connectivity index (χ3v) is 7.63. The van der Waals surface area contributed by atoms with E-state index in [1.54, 1.807) is 0 Å². The van der Waals surface area contributed by atoms with Crippen LogP contribution in [0.5, 0.6) is 0 Å². The van der Waals surface area contributed by atoms with E-state index < -0.39 is 54.1 Å². The molecule has 1 aliphatic heterocycles. The molecule has 33 heavy (non-hydrogen) atoms. The second kappa shape index (κ2) is 8.99. The van der Waals surface area contributed by atoms with Crippen molar-refractivity contribution in [1.29, 1.82) is 0 Å². The van der Waals surface area contributed by atoms with Gasteiger partial charge < -0.3 is 40.3 Å². The van der Waals surface area contributed by atoms with E-state index in [1.165, 1.54) is 12.3 Å². The van der Waals surface area contributed by atoms with Gasteiger partial charge in [0.2, 0.25) is 5.95 Å². The van der Waals surface area contributed by atoms with Gasteiger partial charge in [-0.3, -0.25) is 9.09 Å². The van der Waals surface area contributed by atoms with E-state index in [9.17, 15) is 33.7 Å². The van der Waals surface area contributed by atoms with Crippen LogP contribution in [0.2, 0.25) is 0 Å². The van der Waals surface area contributed by atoms with Crippen molar-refractivity contribution in [1.82, 2.24) is 14.5 Å². The average molecular weight is 533 g/mol. The molecule has 3 rings (SSSR count). The van der Waals surface area contributed by atoms with Crippen molar-refractivity contribution in [3.8, 4) is 0 Å². The van der Waals surface area contributed by atoms with E-state index in [0.29, 0.717) is 0 Å². The number of anilines is 1. The van der Waals surface area contributed by atoms with Crippen LogP contribution in [0.1, 0.15) is 6.23 Å². The van der Waals surface area contributed by atoms with Crippen LogP contribution in [0.15, 0.2) is 17.4 Å². The molecule has 0 spiro atoms. The minimum absolute atomic E-state index is 0.0153. The van der Waals surface area contributed by atoms with E-state index in [-0.39, 0.29) is 16.9 Å². The minimum atomic E-state index is -5.84. The lowest BCUT2D eigenvalue weighted by molar-refractivity contribution is -0.133. The molecular weight excluding hydrogens is 519 g/mol. The van der Waals surface area contributed by atoms with Crippen molar-refractivity contribution in [2.45, 2.75) is 24.7 Å². The summed E-state index contributed by atoms with van der Waals surface area (Å²) in [4.78, 5) is 46.4. The quantitative estimate of drug-likeness (QED) is 0.101. The van der Waals surface area contributed by atoms with Crippen LogP contribution in [0, 0.1) is 0 Å². The molecule has 3 heterocycles. The molecule has 1 saturated heterocycles. The Morgan fingerprint density at radius 1 is 1.15 bits per heavy atom. The topological polar surface area (TPSA) is 315 Å². The van der Waals surface area contributed by atoms with Gasteiger partial charge in [-0.25, -0.2) is 23.7 Å². The van der Waals surface area contributed by atoms with Gasteiger partial charge in [-0.1, -0.05) is 0 Å². The Morgan fingerprint density at radius 3 is 2.42 bits per heavy atom. The molecule has 0 amide bonds. The summed E-state index contributed by atoms with van der Waals surface area (Å²) < 4.78 is 51.7. The highest BCUT2D eigenvalue weighted by Crippen LogP contribution is 2.67. The first-order valence-corrected chi connectivity index (χ1v) is 12.7. The zero-order valence-electron chi connectivity index (χ0n) is 15.6. The number of azide groups is 1. The Balaban J connectivity index is 1.89. The normalized spacial score (nSPS) is 27.1. The molecule has 2 aromatic heterocycles. The first-order chi connectivity index (χ1) is 15.1. The van der Waals surface area contributed by atoms with E-state index in [0.717, 1.165) is 4.57 Å². The number of nitrogens with zero attached hydrogens (tertiary/aromatic N) is 6. The van der Waals surface area contributed by atoms with Crippen LogP contribution in [-0.4, -0.2) is 62.8 Å². The summed E-state index contributed by atoms with van der Waals surface area (Å²) in [7, 11) is -17.2. The smallest absolute Gasteiger partial charge is 0.397 e. The maximum absolute atomic E-state index is 12.0. The number of nitrogens with two attached hydrogens (primary N) is 1. The van der Waals surface area contributed by atoms with Gasteiger partial charge in [0, 0.05) is 11.1 Å². The Morgan fingerprint density at radius 2 is 1.82 bits per heavy atom. The Hall–Kier alpha value is -1.98. The minimum Gasteiger partial charge on any atom is -0.397 e. The molecular formula is C10H14N7O13P3. The molecule has 6 unspecified atom stereocenters. The number of hydrogen-bond donors (Lipinski definition) is 7. The molecule has 2 aromatic rings. The van der Waals surface area contributed by atoms with Crippen LogP contribution < -0.4 is 5.73 Å². The second-order valence-electron chi connectivity index (χ2n) is 6.12. The number of aromatic nitrogens is 3. The predicted molar refractivity (Wildman–Crippen MR) is 102 cm³/mol. The zero-order valence-corrected chi connectivity index (χ0v) is 18.3. The number of hydrogen-bond acceptors (Lipinski definition) is 13. The number of imidazole rings is 1. The largest absolute Gasteiger partial charge is 0.490 e. The summed E-state index contributed by atoms with van der Waals surface area (Å²) in [5.41, 5.74) is 14.6. The molecule has 0 aromatic carbocycles. The van der Waals surface area contributed by atoms with Crippen molar-refractivity contribution in [2.75, 3.05) is 5.73 Å². The van der Waals surface area contributed by atoms with Gasteiger partial charge >= 0.3 is 23.5 Å². The number of aliphatic hydroxyl groups excluding tert-OH is 2. The summed E-state index contributed by atoms with van der Waals surface area (Å²) in [6, 6.07) is 1.36. The van der Waals surface area contributed by atoms with Gasteiger partial charge in [-0.2, -0.15) is 8.62 Å². The lowest BCUT2D eigenvalue weighted by atomic mass is 10.2. The second-order valence-corrected chi connectivity index (χ2v) is 10.5. The summed E-state index contributed by atoms with van der Waals surface area (Å²) >= 11 is 0. The number of pyridine rings is 1. The summed E-state index contributed by atoms with van der Waals surface area (Å²) in [5, 5.41) is 23.8. The first-order valence-electron chi connectivity index (χ1n) is 8.15. The van der Waals surface area contributed by atoms with Crippen molar-refractivity contribution >= 4 is 46.3 Å². The van der Waals surface area contributed by atoms with Crippen LogP contribution in [-0.2, 0) is 31.6 Å². The number of phosphoric ester groups is 1. The van der Waals surface area contributed by atoms with Gasteiger partial charge in [0.05, 0.1) is 5.69 Å². The Kier molecular flexibility index (Phi) is 6.99. The molecule has 6 atom stereocenters. The van der Waals surface area contributed by atoms with Crippen LogP contribution in [0.3, 0.4) is 0 Å². The van der Waals surface area contributed by atoms with Gasteiger partial charge in [0.1, 0.15) is 17.7 Å². The molecule has 182 valence electrons. The fraction of sp³-hybridized carbons (Fsp3) is 0.400. The molecule has 0 bridgehead atoms. The van der Waals surface area contributed by atoms with Crippen molar-refractivity contribution in [3.05, 3.63) is 22.7 Å². The van der Waals surface area contributed by atoms with Gasteiger partial charge in [0.15, 0.2) is 18.2 Å². The van der Waals surface area contributed by atoms with Crippen molar-refractivity contribution in [3.63, 3.8) is 0 Å². The Bertz CT molecular complexity index is 1260. The van der Waals surface area contributed by atoms with Crippen LogP contribution in [0.4, 0.5) is 11.6 Å². The molecule has 0 aliphatic carbocycles. The highest BCUT2D eigenvalue weighted by atomic mass is 31.3. The third-order valence-electron chi connectivity index (χ3n) is 3.83. The number of rotatable bonds is 8. The highest BCUT2D eigenvalue weighted by Gasteiger charge is 2.50. The number of fused-ring (bicyclic) bond motifs is 1. The fourth-order valence-corrected chi connectivity index (χ4v) is 5.80. The molecule has 1 aliphatic rings. The zero-order chi connectivity index (χ0) is 24.8. The lowest BCUT2D eigenvalue weighted by Crippen LogP contribution is -2.32. The van der Waals surface area contributed by atoms with Crippen molar-refractivity contribution in [2.24, 2.45) is 5.11 Å². The SMILES string of the molecule is [N-]=[N+]=Nc1nc2c(N)ccnc2n1C1OC(OP(=O)(O)OP(=O)(O)OP(=O)(O)O)C(O)C1O. The molecule has 20 nitrogen and oxygen atoms in total. The third kappa shape index (κ3) is 5.75. The van der Waals surface area contributed by atoms with E-state index >= 15 is 0 Å². The number of nitrogen functional groups attached to an aromatic ring is 1. The monoisotopic (exact) mass is 533 g/mol. The van der Waals surface area contributed by atoms with E-state index in [4.69, 9.17) is 25.8 Å². The molecule has 8 N–H and O–H groups in total. The van der Waals surface area contributed by atoms with Crippen molar-refractivity contribution < 1.29 is 61.4 Å². The molecule has 23 heteroatoms. The standard InChI is InChI=1S/C10H14N7O13P3/c11-3-1-2-13-7-4(3)14-10(15-16-12)17(7)8-5(18)6(19)9(27-8)28-32(23,24)30-33(25,26)29-31(20,21)22/h1-2,5-6,8-9,18-19H,(H2,11,13)(H,23,24)(H,25,26)(H2,20,21,22). The lowest BCUT2D eigenvalue weighted by Gasteiger charge is -2.20. The predicted octanol–water partition coefficient (Wildman–Crippen LogP) is -0.125. The number of ether oxygens (including phenoxy) is 1. The van der Waals surface area contributed by atoms with Gasteiger partial charge in [0.25, 0.3) is 0 Å². The van der Waals surface area contributed by atoms with E-state index in [1.807, 2.05) is 0 Å². The summed E-state index contributed by atoms with van der Waals surface area (Å²) in [5.74, 6) is -0.437. The van der Waals surface area contributed by atoms with Gasteiger partial charge in [-0.15, -0.1) is 0 Å². The highest BCUT2D eigenvalue weighted by molar-refractivity contribution is 7.66. The molecule has 0 radical (unpaired) electrons. The van der Waals surface area contributed by atoms with Crippen LogP contribution in [0.25, 0.3) is 21.6 Å². The molecule has 1 fully saturated rings. The Labute approximate surface area is 181 Å². The summed E-state index contributed by atoms with van der Waals surface area (Å²) in [6.07, 6.45) is -6.77. The maximum atomic E-state index is 12.0. The average Bonchev–Trinajstić information content (AvgIpc) is 3.12. The van der Waals surface area contributed by atoms with Crippen LogP contribution >= 0.6 is 23.5 Å². The number of aliphatic hydroxyl groups is 2. The maximum Gasteiger partial charge on any atom is 0.490 e. The summed E-state index contributed by atoms with van der Waals surface area (Å²) in [6.45, 7) is 0. The van der Waals surface area contributed by atoms with Gasteiger partial charge in [-0.05, 0) is 16.7 Å². The molecule has 0 saturated carbocycles.